The normalized spacial score (nSPS) is 11.0. The molecule has 0 spiro atoms. The van der Waals surface area contributed by atoms with Crippen LogP contribution in [0, 0.1) is 0 Å². The van der Waals surface area contributed by atoms with Crippen LogP contribution in [0.15, 0.2) is 53.6 Å². The van der Waals surface area contributed by atoms with Crippen molar-refractivity contribution in [1.82, 2.24) is 5.43 Å². The van der Waals surface area contributed by atoms with E-state index in [1.165, 1.54) is 12.3 Å². The first-order valence-corrected chi connectivity index (χ1v) is 7.26. The fraction of sp³-hybridized carbons (Fsp3) is 0. The van der Waals surface area contributed by atoms with Crippen molar-refractivity contribution < 1.29 is 25.2 Å². The van der Waals surface area contributed by atoms with Crippen LogP contribution in [0.25, 0.3) is 10.8 Å². The number of nitrogens with zero attached hydrogens (tertiary/aromatic N) is 1. The van der Waals surface area contributed by atoms with Crippen LogP contribution in [-0.4, -0.2) is 32.5 Å². The van der Waals surface area contributed by atoms with Gasteiger partial charge in [-0.2, -0.15) is 5.10 Å². The van der Waals surface area contributed by atoms with Crippen LogP contribution in [0.2, 0.25) is 0 Å². The maximum Gasteiger partial charge on any atom is 0.275 e. The molecule has 0 aliphatic carbocycles. The van der Waals surface area contributed by atoms with Gasteiger partial charge in [0.2, 0.25) is 0 Å². The predicted octanol–water partition coefficient (Wildman–Crippen LogP) is 2.43. The molecule has 0 saturated heterocycles. The Morgan fingerprint density at radius 2 is 1.48 bits per heavy atom. The number of carbonyl (C=O) groups is 1. The minimum atomic E-state index is -0.637. The van der Waals surface area contributed by atoms with E-state index in [2.05, 4.69) is 10.5 Å². The predicted molar refractivity (Wildman–Crippen MR) is 92.1 cm³/mol. The van der Waals surface area contributed by atoms with Gasteiger partial charge in [0.05, 0.1) is 11.8 Å². The SMILES string of the molecule is O=C(NN=Cc1cc(O)c(O)c(O)c1)c1cc2ccccc2cc1O. The molecule has 7 heteroatoms. The van der Waals surface area contributed by atoms with Gasteiger partial charge in [0, 0.05) is 5.56 Å². The third-order valence-electron chi connectivity index (χ3n) is 3.58. The minimum Gasteiger partial charge on any atom is -0.507 e. The van der Waals surface area contributed by atoms with Crippen LogP contribution in [0.1, 0.15) is 15.9 Å². The zero-order valence-corrected chi connectivity index (χ0v) is 12.8. The Morgan fingerprint density at radius 3 is 2.12 bits per heavy atom. The number of rotatable bonds is 3. The molecule has 3 aromatic carbocycles. The smallest absolute Gasteiger partial charge is 0.275 e. The van der Waals surface area contributed by atoms with Crippen molar-refractivity contribution in [1.29, 1.82) is 0 Å². The van der Waals surface area contributed by atoms with Gasteiger partial charge in [0.25, 0.3) is 5.91 Å². The summed E-state index contributed by atoms with van der Waals surface area (Å²) in [6.07, 6.45) is 1.18. The third kappa shape index (κ3) is 3.30. The lowest BCUT2D eigenvalue weighted by atomic mass is 10.1. The molecule has 3 rings (SSSR count). The van der Waals surface area contributed by atoms with Crippen LogP contribution < -0.4 is 5.43 Å². The molecule has 0 fully saturated rings. The van der Waals surface area contributed by atoms with E-state index in [1.54, 1.807) is 6.07 Å². The molecule has 0 bridgehead atoms. The summed E-state index contributed by atoms with van der Waals surface area (Å²) in [6, 6.07) is 12.7. The highest BCUT2D eigenvalue weighted by Crippen LogP contribution is 2.34. The summed E-state index contributed by atoms with van der Waals surface area (Å²) in [4.78, 5) is 12.2. The van der Waals surface area contributed by atoms with Gasteiger partial charge in [-0.1, -0.05) is 24.3 Å². The van der Waals surface area contributed by atoms with Gasteiger partial charge < -0.3 is 20.4 Å². The van der Waals surface area contributed by atoms with E-state index in [0.29, 0.717) is 0 Å². The van der Waals surface area contributed by atoms with Gasteiger partial charge >= 0.3 is 0 Å². The highest BCUT2D eigenvalue weighted by molar-refractivity contribution is 6.01. The van der Waals surface area contributed by atoms with Gasteiger partial charge in [0.15, 0.2) is 17.2 Å². The molecule has 0 aromatic heterocycles. The number of fused-ring (bicyclic) bond motifs is 1. The monoisotopic (exact) mass is 338 g/mol. The number of hydrogen-bond donors (Lipinski definition) is 5. The van der Waals surface area contributed by atoms with E-state index in [1.807, 2.05) is 24.3 Å². The third-order valence-corrected chi connectivity index (χ3v) is 3.58. The summed E-state index contributed by atoms with van der Waals surface area (Å²) in [6.45, 7) is 0. The van der Waals surface area contributed by atoms with Gasteiger partial charge in [-0.15, -0.1) is 0 Å². The first-order chi connectivity index (χ1) is 12.0. The zero-order valence-electron chi connectivity index (χ0n) is 12.8. The summed E-state index contributed by atoms with van der Waals surface area (Å²) >= 11 is 0. The summed E-state index contributed by atoms with van der Waals surface area (Å²) < 4.78 is 0. The molecular weight excluding hydrogens is 324 g/mol. The maximum atomic E-state index is 12.2. The molecule has 0 heterocycles. The van der Waals surface area contributed by atoms with Crippen molar-refractivity contribution >= 4 is 22.9 Å². The van der Waals surface area contributed by atoms with Gasteiger partial charge in [-0.3, -0.25) is 4.79 Å². The van der Waals surface area contributed by atoms with E-state index in [0.717, 1.165) is 22.9 Å². The quantitative estimate of drug-likeness (QED) is 0.285. The Kier molecular flexibility index (Phi) is 4.13. The molecule has 0 atom stereocenters. The summed E-state index contributed by atoms with van der Waals surface area (Å²) in [5.41, 5.74) is 2.57. The number of hydrazone groups is 1. The molecule has 7 nitrogen and oxygen atoms in total. The van der Waals surface area contributed by atoms with E-state index < -0.39 is 23.2 Å². The number of phenols is 4. The fourth-order valence-electron chi connectivity index (χ4n) is 2.34. The molecule has 25 heavy (non-hydrogen) atoms. The van der Waals surface area contributed by atoms with E-state index in [4.69, 9.17) is 0 Å². The first-order valence-electron chi connectivity index (χ1n) is 7.26. The second kappa shape index (κ2) is 6.40. The zero-order chi connectivity index (χ0) is 18.0. The standard InChI is InChI=1S/C18H14N2O5/c21-14-8-12-4-2-1-3-11(12)7-13(14)18(25)20-19-9-10-5-15(22)17(24)16(23)6-10/h1-9,21-24H,(H,20,25). The molecule has 0 radical (unpaired) electrons. The van der Waals surface area contributed by atoms with Crippen LogP contribution >= 0.6 is 0 Å². The molecule has 0 aliphatic rings. The molecule has 126 valence electrons. The van der Waals surface area contributed by atoms with Crippen molar-refractivity contribution in [2.75, 3.05) is 0 Å². The molecule has 0 unspecified atom stereocenters. The van der Waals surface area contributed by atoms with Crippen LogP contribution in [0.4, 0.5) is 0 Å². The van der Waals surface area contributed by atoms with Crippen LogP contribution in [-0.2, 0) is 0 Å². The molecule has 5 N–H and O–H groups in total. The van der Waals surface area contributed by atoms with Crippen molar-refractivity contribution in [2.45, 2.75) is 0 Å². The number of nitrogens with one attached hydrogen (secondary N) is 1. The molecule has 3 aromatic rings. The van der Waals surface area contributed by atoms with E-state index >= 15 is 0 Å². The highest BCUT2D eigenvalue weighted by atomic mass is 16.3. The topological polar surface area (TPSA) is 122 Å². The van der Waals surface area contributed by atoms with Crippen molar-refractivity contribution in [2.24, 2.45) is 5.10 Å². The number of aromatic hydroxyl groups is 4. The van der Waals surface area contributed by atoms with Gasteiger partial charge in [0.1, 0.15) is 5.75 Å². The van der Waals surface area contributed by atoms with Gasteiger partial charge in [-0.05, 0) is 35.0 Å². The molecular formula is C18H14N2O5. The second-order valence-electron chi connectivity index (χ2n) is 5.32. The Bertz CT molecular complexity index is 975. The van der Waals surface area contributed by atoms with Crippen LogP contribution in [0.5, 0.6) is 23.0 Å². The average molecular weight is 338 g/mol. The average Bonchev–Trinajstić information content (AvgIpc) is 2.58. The van der Waals surface area contributed by atoms with Crippen molar-refractivity contribution in [3.63, 3.8) is 0 Å². The first kappa shape index (κ1) is 16.1. The highest BCUT2D eigenvalue weighted by Gasteiger charge is 2.12. The Hall–Kier alpha value is -3.74. The summed E-state index contributed by atoms with van der Waals surface area (Å²) in [5.74, 6) is -2.46. The Labute approximate surface area is 142 Å². The summed E-state index contributed by atoms with van der Waals surface area (Å²) in [5, 5.41) is 43.4. The molecule has 0 saturated carbocycles. The van der Waals surface area contributed by atoms with Gasteiger partial charge in [-0.25, -0.2) is 5.43 Å². The van der Waals surface area contributed by atoms with E-state index in [-0.39, 0.29) is 16.9 Å². The lowest BCUT2D eigenvalue weighted by Gasteiger charge is -2.06. The van der Waals surface area contributed by atoms with Crippen LogP contribution in [0.3, 0.4) is 0 Å². The van der Waals surface area contributed by atoms with Crippen molar-refractivity contribution in [3.8, 4) is 23.0 Å². The van der Waals surface area contributed by atoms with E-state index in [9.17, 15) is 25.2 Å². The number of phenolic OH excluding ortho intramolecular Hbond substituents is 4. The Morgan fingerprint density at radius 1 is 0.880 bits per heavy atom. The number of hydrogen-bond acceptors (Lipinski definition) is 6. The number of carbonyl (C=O) groups excluding carboxylic acids is 1. The molecule has 0 aliphatic heterocycles. The molecule has 1 amide bonds. The largest absolute Gasteiger partial charge is 0.507 e. The second-order valence-corrected chi connectivity index (χ2v) is 5.32. The lowest BCUT2D eigenvalue weighted by molar-refractivity contribution is 0.0952. The minimum absolute atomic E-state index is 0.0623. The lowest BCUT2D eigenvalue weighted by Crippen LogP contribution is -2.17. The fourth-order valence-corrected chi connectivity index (χ4v) is 2.34. The number of amides is 1. The summed E-state index contributed by atoms with van der Waals surface area (Å²) in [7, 11) is 0. The maximum absolute atomic E-state index is 12.2. The number of benzene rings is 3. The Balaban J connectivity index is 1.80. The van der Waals surface area contributed by atoms with Crippen molar-refractivity contribution in [3.05, 3.63) is 59.7 Å².